The molecule has 1 heterocycles. The molecule has 2 aromatic carbocycles. The molecule has 0 bridgehead atoms. The second-order valence-electron chi connectivity index (χ2n) is 6.44. The fourth-order valence-electron chi connectivity index (χ4n) is 3.35. The second kappa shape index (κ2) is 8.52. The number of benzene rings is 2. The molecule has 3 rings (SSSR count). The molecule has 28 heavy (non-hydrogen) atoms. The summed E-state index contributed by atoms with van der Waals surface area (Å²) in [5, 5.41) is 0.238. The van der Waals surface area contributed by atoms with Gasteiger partial charge in [0.05, 0.1) is 24.3 Å². The van der Waals surface area contributed by atoms with Crippen LogP contribution in [0.25, 0.3) is 0 Å². The summed E-state index contributed by atoms with van der Waals surface area (Å²) in [6.45, 7) is 3.84. The first-order valence-electron chi connectivity index (χ1n) is 9.03. The molecule has 0 N–H and O–H groups in total. The Labute approximate surface area is 168 Å². The van der Waals surface area contributed by atoms with Gasteiger partial charge in [-0.25, -0.2) is 4.79 Å². The molecule has 0 aromatic heterocycles. The highest BCUT2D eigenvalue weighted by molar-refractivity contribution is 6.32. The van der Waals surface area contributed by atoms with Gasteiger partial charge in [0.15, 0.2) is 18.1 Å². The van der Waals surface area contributed by atoms with Crippen molar-refractivity contribution in [3.63, 3.8) is 0 Å². The topological polar surface area (TPSA) is 65.1 Å². The van der Waals surface area contributed by atoms with Gasteiger partial charge < -0.3 is 19.1 Å². The fourth-order valence-corrected chi connectivity index (χ4v) is 3.61. The molecule has 7 heteroatoms. The smallest absolute Gasteiger partial charge is 0.338 e. The van der Waals surface area contributed by atoms with Crippen molar-refractivity contribution in [2.45, 2.75) is 26.3 Å². The Bertz CT molecular complexity index is 898. The Morgan fingerprint density at radius 3 is 2.71 bits per heavy atom. The van der Waals surface area contributed by atoms with E-state index >= 15 is 0 Å². The average molecular weight is 404 g/mol. The number of para-hydroxylation sites is 1. The van der Waals surface area contributed by atoms with E-state index in [1.807, 2.05) is 38.1 Å². The maximum atomic E-state index is 12.7. The van der Waals surface area contributed by atoms with Gasteiger partial charge in [-0.3, -0.25) is 4.79 Å². The van der Waals surface area contributed by atoms with Crippen LogP contribution in [-0.4, -0.2) is 38.2 Å². The minimum Gasteiger partial charge on any atom is -0.493 e. The normalized spacial score (nSPS) is 15.1. The van der Waals surface area contributed by atoms with Crippen molar-refractivity contribution in [1.82, 2.24) is 0 Å². The summed E-state index contributed by atoms with van der Waals surface area (Å²) in [7, 11) is 1.46. The zero-order valence-corrected chi connectivity index (χ0v) is 16.8. The van der Waals surface area contributed by atoms with Crippen molar-refractivity contribution in [2.75, 3.05) is 25.2 Å². The lowest BCUT2D eigenvalue weighted by Crippen LogP contribution is -2.38. The van der Waals surface area contributed by atoms with Crippen LogP contribution in [0.3, 0.4) is 0 Å². The largest absolute Gasteiger partial charge is 0.493 e. The standard InChI is InChI=1S/C21H22ClNO5/c1-4-27-20-16(22)10-15(11-18(20)26-3)21(25)28-12-19(24)23-13(2)9-14-7-5-6-8-17(14)23/h5-8,10-11,13H,4,9,12H2,1-3H3/t13-/m0/s1. The Balaban J connectivity index is 1.71. The lowest BCUT2D eigenvalue weighted by Gasteiger charge is -2.22. The molecule has 0 saturated heterocycles. The first-order valence-corrected chi connectivity index (χ1v) is 9.41. The lowest BCUT2D eigenvalue weighted by molar-refractivity contribution is -0.122. The van der Waals surface area contributed by atoms with Crippen LogP contribution < -0.4 is 14.4 Å². The zero-order chi connectivity index (χ0) is 20.3. The molecule has 0 unspecified atom stereocenters. The van der Waals surface area contributed by atoms with Crippen molar-refractivity contribution in [1.29, 1.82) is 0 Å². The van der Waals surface area contributed by atoms with Gasteiger partial charge in [-0.15, -0.1) is 0 Å². The minimum absolute atomic E-state index is 0.0172. The number of carbonyl (C=O) groups excluding carboxylic acids is 2. The molecule has 0 saturated carbocycles. The molecule has 0 aliphatic carbocycles. The number of rotatable bonds is 6. The van der Waals surface area contributed by atoms with Gasteiger partial charge in [-0.2, -0.15) is 0 Å². The van der Waals surface area contributed by atoms with E-state index in [4.69, 9.17) is 25.8 Å². The summed E-state index contributed by atoms with van der Waals surface area (Å²) in [5.74, 6) is -0.233. The van der Waals surface area contributed by atoms with Crippen LogP contribution >= 0.6 is 11.6 Å². The van der Waals surface area contributed by atoms with E-state index in [1.54, 1.807) is 4.90 Å². The summed E-state index contributed by atoms with van der Waals surface area (Å²) in [6, 6.07) is 10.7. The van der Waals surface area contributed by atoms with Gasteiger partial charge in [0.1, 0.15) is 0 Å². The molecule has 0 radical (unpaired) electrons. The summed E-state index contributed by atoms with van der Waals surface area (Å²) < 4.78 is 15.9. The monoisotopic (exact) mass is 403 g/mol. The van der Waals surface area contributed by atoms with Gasteiger partial charge in [-0.1, -0.05) is 29.8 Å². The average Bonchev–Trinajstić information content (AvgIpc) is 3.03. The SMILES string of the molecule is CCOc1c(Cl)cc(C(=O)OCC(=O)N2c3ccccc3C[C@@H]2C)cc1OC. The van der Waals surface area contributed by atoms with Gasteiger partial charge in [-0.05, 0) is 44.0 Å². The molecule has 6 nitrogen and oxygen atoms in total. The number of halogens is 1. The Kier molecular flexibility index (Phi) is 6.09. The number of hydrogen-bond acceptors (Lipinski definition) is 5. The van der Waals surface area contributed by atoms with E-state index in [1.165, 1.54) is 19.2 Å². The zero-order valence-electron chi connectivity index (χ0n) is 16.0. The predicted molar refractivity (Wildman–Crippen MR) is 107 cm³/mol. The molecule has 2 aromatic rings. The maximum absolute atomic E-state index is 12.7. The third kappa shape index (κ3) is 3.92. The Hall–Kier alpha value is -2.73. The van der Waals surface area contributed by atoms with Crippen molar-refractivity contribution in [2.24, 2.45) is 0 Å². The van der Waals surface area contributed by atoms with E-state index in [-0.39, 0.29) is 29.1 Å². The van der Waals surface area contributed by atoms with E-state index in [0.717, 1.165) is 17.7 Å². The number of esters is 1. The van der Waals surface area contributed by atoms with E-state index < -0.39 is 5.97 Å². The fraction of sp³-hybridized carbons (Fsp3) is 0.333. The number of carbonyl (C=O) groups is 2. The van der Waals surface area contributed by atoms with Crippen LogP contribution in [-0.2, 0) is 16.0 Å². The van der Waals surface area contributed by atoms with Gasteiger partial charge in [0, 0.05) is 11.7 Å². The number of anilines is 1. The molecular formula is C21H22ClNO5. The first kappa shape index (κ1) is 20.0. The van der Waals surface area contributed by atoms with E-state index in [2.05, 4.69) is 0 Å². The van der Waals surface area contributed by atoms with E-state index in [0.29, 0.717) is 18.1 Å². The molecule has 1 aliphatic heterocycles. The number of hydrogen-bond donors (Lipinski definition) is 0. The molecule has 0 spiro atoms. The number of ether oxygens (including phenoxy) is 3. The van der Waals surface area contributed by atoms with Crippen LogP contribution in [0.1, 0.15) is 29.8 Å². The molecule has 1 aliphatic rings. The highest BCUT2D eigenvalue weighted by Crippen LogP contribution is 2.36. The summed E-state index contributed by atoms with van der Waals surface area (Å²) in [6.07, 6.45) is 0.779. The summed E-state index contributed by atoms with van der Waals surface area (Å²) >= 11 is 6.19. The summed E-state index contributed by atoms with van der Waals surface area (Å²) in [4.78, 5) is 26.8. The van der Waals surface area contributed by atoms with Crippen LogP contribution in [0.2, 0.25) is 5.02 Å². The third-order valence-corrected chi connectivity index (χ3v) is 4.84. The van der Waals surface area contributed by atoms with Crippen LogP contribution in [0.5, 0.6) is 11.5 Å². The Morgan fingerprint density at radius 1 is 1.25 bits per heavy atom. The Morgan fingerprint density at radius 2 is 2.00 bits per heavy atom. The molecule has 0 fully saturated rings. The van der Waals surface area contributed by atoms with Gasteiger partial charge in [0.25, 0.3) is 5.91 Å². The quantitative estimate of drug-likeness (QED) is 0.685. The highest BCUT2D eigenvalue weighted by atomic mass is 35.5. The number of fused-ring (bicyclic) bond motifs is 1. The molecule has 1 atom stereocenters. The van der Waals surface area contributed by atoms with E-state index in [9.17, 15) is 9.59 Å². The van der Waals surface area contributed by atoms with Crippen LogP contribution in [0.15, 0.2) is 36.4 Å². The highest BCUT2D eigenvalue weighted by Gasteiger charge is 2.31. The van der Waals surface area contributed by atoms with Crippen molar-refractivity contribution in [3.05, 3.63) is 52.5 Å². The number of amides is 1. The predicted octanol–water partition coefficient (Wildman–Crippen LogP) is 3.88. The third-order valence-electron chi connectivity index (χ3n) is 4.56. The summed E-state index contributed by atoms with van der Waals surface area (Å²) in [5.41, 5.74) is 2.16. The first-order chi connectivity index (χ1) is 13.5. The van der Waals surface area contributed by atoms with Crippen molar-refractivity contribution >= 4 is 29.2 Å². The molecule has 148 valence electrons. The minimum atomic E-state index is -0.656. The number of methoxy groups -OCH3 is 1. The molecule has 1 amide bonds. The lowest BCUT2D eigenvalue weighted by atomic mass is 10.1. The van der Waals surface area contributed by atoms with Crippen LogP contribution in [0, 0.1) is 0 Å². The number of nitrogens with zero attached hydrogens (tertiary/aromatic N) is 1. The maximum Gasteiger partial charge on any atom is 0.338 e. The second-order valence-corrected chi connectivity index (χ2v) is 6.85. The van der Waals surface area contributed by atoms with Gasteiger partial charge >= 0.3 is 5.97 Å². The van der Waals surface area contributed by atoms with Crippen molar-refractivity contribution in [3.8, 4) is 11.5 Å². The van der Waals surface area contributed by atoms with Gasteiger partial charge in [0.2, 0.25) is 0 Å². The molecular weight excluding hydrogens is 382 g/mol. The van der Waals surface area contributed by atoms with Crippen molar-refractivity contribution < 1.29 is 23.8 Å². The van der Waals surface area contributed by atoms with Crippen LogP contribution in [0.4, 0.5) is 5.69 Å².